The second-order valence-electron chi connectivity index (χ2n) is 2.21. The molecule has 1 aromatic carbocycles. The molecule has 3 heteroatoms. The van der Waals surface area contributed by atoms with E-state index in [4.69, 9.17) is 11.5 Å². The topological polar surface area (TPSA) is 52.0 Å². The van der Waals surface area contributed by atoms with Gasteiger partial charge < -0.3 is 11.5 Å². The maximum atomic E-state index is 5.73. The zero-order valence-electron chi connectivity index (χ0n) is 5.97. The van der Waals surface area contributed by atoms with Gasteiger partial charge in [0.05, 0.1) is 5.69 Å². The molecule has 0 saturated heterocycles. The number of anilines is 2. The summed E-state index contributed by atoms with van der Waals surface area (Å²) in [5.74, 6) is 0. The molecule has 1 aromatic rings. The molecule has 11 heavy (non-hydrogen) atoms. The minimum Gasteiger partial charge on any atom is -0.399 e. The first kappa shape index (κ1) is 8.39. The van der Waals surface area contributed by atoms with Crippen LogP contribution in [0, 0.1) is 3.57 Å². The fourth-order valence-electron chi connectivity index (χ4n) is 0.830. The van der Waals surface area contributed by atoms with E-state index < -0.39 is 0 Å². The minimum absolute atomic E-state index is 0.721. The summed E-state index contributed by atoms with van der Waals surface area (Å²) in [4.78, 5) is 0. The van der Waals surface area contributed by atoms with Crippen LogP contribution in [0.3, 0.4) is 0 Å². The molecule has 0 aliphatic heterocycles. The lowest BCUT2D eigenvalue weighted by Crippen LogP contribution is -1.95. The van der Waals surface area contributed by atoms with E-state index in [2.05, 4.69) is 29.2 Å². The van der Waals surface area contributed by atoms with Crippen molar-refractivity contribution in [2.24, 2.45) is 0 Å². The van der Waals surface area contributed by atoms with Crippen LogP contribution in [-0.2, 0) is 0 Å². The molecular formula is C8H9IN2. The molecule has 2 nitrogen and oxygen atoms in total. The molecule has 0 bridgehead atoms. The van der Waals surface area contributed by atoms with Gasteiger partial charge >= 0.3 is 0 Å². The zero-order chi connectivity index (χ0) is 8.43. The summed E-state index contributed by atoms with van der Waals surface area (Å²) in [5, 5.41) is 0. The maximum Gasteiger partial charge on any atom is 0.0524 e. The van der Waals surface area contributed by atoms with Gasteiger partial charge in [0, 0.05) is 9.26 Å². The molecule has 58 valence electrons. The third-order valence-electron chi connectivity index (χ3n) is 1.40. The number of rotatable bonds is 1. The molecule has 0 aliphatic rings. The molecule has 0 aliphatic carbocycles. The average molecular weight is 260 g/mol. The Morgan fingerprint density at radius 2 is 2.00 bits per heavy atom. The smallest absolute Gasteiger partial charge is 0.0524 e. The molecule has 0 unspecified atom stereocenters. The van der Waals surface area contributed by atoms with Crippen molar-refractivity contribution in [3.63, 3.8) is 0 Å². The Kier molecular flexibility index (Phi) is 2.38. The standard InChI is InChI=1S/C8H9IN2/c1-2-5-3-6(10)4-7(9)8(5)11/h2-4H,1,10-11H2. The van der Waals surface area contributed by atoms with Crippen molar-refractivity contribution in [3.8, 4) is 0 Å². The van der Waals surface area contributed by atoms with E-state index in [0.717, 1.165) is 20.5 Å². The van der Waals surface area contributed by atoms with Crippen LogP contribution in [0.2, 0.25) is 0 Å². The second-order valence-corrected chi connectivity index (χ2v) is 3.37. The van der Waals surface area contributed by atoms with Crippen LogP contribution in [0.25, 0.3) is 6.08 Å². The van der Waals surface area contributed by atoms with Crippen molar-refractivity contribution in [1.29, 1.82) is 0 Å². The van der Waals surface area contributed by atoms with Crippen LogP contribution in [-0.4, -0.2) is 0 Å². The molecular weight excluding hydrogens is 251 g/mol. The summed E-state index contributed by atoms with van der Waals surface area (Å²) < 4.78 is 0.970. The van der Waals surface area contributed by atoms with E-state index >= 15 is 0 Å². The van der Waals surface area contributed by atoms with Crippen LogP contribution in [0.4, 0.5) is 11.4 Å². The van der Waals surface area contributed by atoms with Crippen molar-refractivity contribution in [1.82, 2.24) is 0 Å². The Morgan fingerprint density at radius 3 is 2.55 bits per heavy atom. The van der Waals surface area contributed by atoms with Gasteiger partial charge in [-0.1, -0.05) is 12.7 Å². The van der Waals surface area contributed by atoms with Gasteiger partial charge in [-0.15, -0.1) is 0 Å². The van der Waals surface area contributed by atoms with Crippen molar-refractivity contribution in [2.45, 2.75) is 0 Å². The monoisotopic (exact) mass is 260 g/mol. The van der Waals surface area contributed by atoms with Crippen LogP contribution in [0.1, 0.15) is 5.56 Å². The molecule has 0 atom stereocenters. The Balaban J connectivity index is 3.35. The lowest BCUT2D eigenvalue weighted by molar-refractivity contribution is 1.58. The van der Waals surface area contributed by atoms with Crippen molar-refractivity contribution < 1.29 is 0 Å². The number of halogens is 1. The lowest BCUT2D eigenvalue weighted by atomic mass is 10.1. The predicted molar refractivity (Wildman–Crippen MR) is 58.1 cm³/mol. The van der Waals surface area contributed by atoms with Gasteiger partial charge in [0.2, 0.25) is 0 Å². The van der Waals surface area contributed by atoms with Gasteiger partial charge in [-0.3, -0.25) is 0 Å². The summed E-state index contributed by atoms with van der Waals surface area (Å²) in [5.41, 5.74) is 13.7. The Hall–Kier alpha value is -0.710. The molecule has 0 fully saturated rings. The van der Waals surface area contributed by atoms with Gasteiger partial charge in [-0.05, 0) is 40.3 Å². The van der Waals surface area contributed by atoms with Gasteiger partial charge in [0.1, 0.15) is 0 Å². The average Bonchev–Trinajstić information content (AvgIpc) is 1.96. The molecule has 0 spiro atoms. The molecule has 1 rings (SSSR count). The third-order valence-corrected chi connectivity index (χ3v) is 2.30. The highest BCUT2D eigenvalue weighted by Crippen LogP contribution is 2.23. The Bertz CT molecular complexity index is 294. The molecule has 0 amide bonds. The first-order valence-electron chi connectivity index (χ1n) is 3.12. The zero-order valence-corrected chi connectivity index (χ0v) is 8.13. The van der Waals surface area contributed by atoms with E-state index in [0.29, 0.717) is 0 Å². The number of hydrogen-bond donors (Lipinski definition) is 2. The van der Waals surface area contributed by atoms with E-state index in [-0.39, 0.29) is 0 Å². The van der Waals surface area contributed by atoms with Gasteiger partial charge in [0.25, 0.3) is 0 Å². The van der Waals surface area contributed by atoms with Crippen LogP contribution >= 0.6 is 22.6 Å². The van der Waals surface area contributed by atoms with Crippen LogP contribution in [0.5, 0.6) is 0 Å². The molecule has 0 saturated carbocycles. The fourth-order valence-corrected chi connectivity index (χ4v) is 1.50. The normalized spacial score (nSPS) is 9.55. The van der Waals surface area contributed by atoms with E-state index in [9.17, 15) is 0 Å². The third kappa shape index (κ3) is 1.65. The van der Waals surface area contributed by atoms with Gasteiger partial charge in [-0.2, -0.15) is 0 Å². The number of nitrogens with two attached hydrogens (primary N) is 2. The first-order chi connectivity index (χ1) is 5.15. The predicted octanol–water partition coefficient (Wildman–Crippen LogP) is 2.10. The highest BCUT2D eigenvalue weighted by Gasteiger charge is 2.00. The van der Waals surface area contributed by atoms with Crippen LogP contribution in [0.15, 0.2) is 18.7 Å². The number of hydrogen-bond acceptors (Lipinski definition) is 2. The van der Waals surface area contributed by atoms with E-state index in [1.807, 2.05) is 12.1 Å². The quantitative estimate of drug-likeness (QED) is 0.600. The fraction of sp³-hybridized carbons (Fsp3) is 0. The van der Waals surface area contributed by atoms with E-state index in [1.54, 1.807) is 6.08 Å². The summed E-state index contributed by atoms with van der Waals surface area (Å²) in [7, 11) is 0. The number of benzene rings is 1. The maximum absolute atomic E-state index is 5.73. The van der Waals surface area contributed by atoms with Crippen LogP contribution < -0.4 is 11.5 Å². The Labute approximate surface area is 79.4 Å². The summed E-state index contributed by atoms with van der Waals surface area (Å²) >= 11 is 2.15. The SMILES string of the molecule is C=Cc1cc(N)cc(I)c1N. The molecule has 0 radical (unpaired) electrons. The largest absolute Gasteiger partial charge is 0.399 e. The van der Waals surface area contributed by atoms with Gasteiger partial charge in [0.15, 0.2) is 0 Å². The summed E-state index contributed by atoms with van der Waals surface area (Å²) in [6.45, 7) is 3.64. The molecule has 4 N–H and O–H groups in total. The Morgan fingerprint density at radius 1 is 1.36 bits per heavy atom. The van der Waals surface area contributed by atoms with E-state index in [1.165, 1.54) is 0 Å². The van der Waals surface area contributed by atoms with Crippen molar-refractivity contribution >= 4 is 40.0 Å². The second kappa shape index (κ2) is 3.13. The minimum atomic E-state index is 0.721. The molecule has 0 heterocycles. The molecule has 0 aromatic heterocycles. The van der Waals surface area contributed by atoms with Gasteiger partial charge in [-0.25, -0.2) is 0 Å². The van der Waals surface area contributed by atoms with Crippen molar-refractivity contribution in [2.75, 3.05) is 11.5 Å². The first-order valence-corrected chi connectivity index (χ1v) is 4.20. The highest BCUT2D eigenvalue weighted by atomic mass is 127. The lowest BCUT2D eigenvalue weighted by Gasteiger charge is -2.03. The van der Waals surface area contributed by atoms with Crippen molar-refractivity contribution in [3.05, 3.63) is 27.8 Å². The summed E-state index contributed by atoms with van der Waals surface area (Å²) in [6, 6.07) is 3.65. The summed E-state index contributed by atoms with van der Waals surface area (Å²) in [6.07, 6.45) is 1.70. The highest BCUT2D eigenvalue weighted by molar-refractivity contribution is 14.1. The number of nitrogen functional groups attached to an aromatic ring is 2.